The second-order valence-corrected chi connectivity index (χ2v) is 11.7. The number of hydrogen-bond donors (Lipinski definition) is 1. The first kappa shape index (κ1) is 25.1. The Morgan fingerprint density at radius 1 is 1.21 bits per heavy atom. The van der Waals surface area contributed by atoms with Gasteiger partial charge in [0.2, 0.25) is 0 Å². The monoisotopic (exact) mass is 461 g/mol. The van der Waals surface area contributed by atoms with Gasteiger partial charge in [-0.05, 0) is 78.6 Å². The predicted molar refractivity (Wildman–Crippen MR) is 143 cm³/mol. The maximum Gasteiger partial charge on any atom is 0.176 e. The SMILES string of the molecule is C=C(C=C(C)C(O)OC)C1=C(C)C(C)=NC2CC3C4C=CC=C(C(C)(C)C(C)C)C4C=CC3C12. The summed E-state index contributed by atoms with van der Waals surface area (Å²) in [5.41, 5.74) is 7.17. The molecule has 4 rings (SSSR count). The maximum absolute atomic E-state index is 10.1. The summed E-state index contributed by atoms with van der Waals surface area (Å²) in [6.45, 7) is 20.2. The molecule has 7 unspecified atom stereocenters. The minimum absolute atomic E-state index is 0.172. The Morgan fingerprint density at radius 2 is 1.91 bits per heavy atom. The first-order valence-corrected chi connectivity index (χ1v) is 12.9. The van der Waals surface area contributed by atoms with Gasteiger partial charge in [0, 0.05) is 24.7 Å². The molecule has 1 saturated carbocycles. The number of aliphatic hydroxyl groups is 1. The number of dihydropyridines is 1. The van der Waals surface area contributed by atoms with Crippen molar-refractivity contribution in [3.8, 4) is 0 Å². The lowest BCUT2D eigenvalue weighted by atomic mass is 9.59. The molecule has 0 aromatic heterocycles. The zero-order valence-electron chi connectivity index (χ0n) is 22.3. The molecule has 34 heavy (non-hydrogen) atoms. The van der Waals surface area contributed by atoms with Crippen LogP contribution in [0, 0.1) is 40.9 Å². The Balaban J connectivity index is 1.71. The number of methoxy groups -OCH3 is 1. The molecule has 1 N–H and O–H groups in total. The first-order chi connectivity index (χ1) is 16.0. The second-order valence-electron chi connectivity index (χ2n) is 11.7. The normalized spacial score (nSPS) is 33.9. The van der Waals surface area contributed by atoms with Crippen molar-refractivity contribution in [3.63, 3.8) is 0 Å². The molecule has 184 valence electrons. The number of nitrogens with zero attached hydrogens (tertiary/aromatic N) is 1. The molecular formula is C31H43NO2. The fourth-order valence-electron chi connectivity index (χ4n) is 6.75. The summed E-state index contributed by atoms with van der Waals surface area (Å²) >= 11 is 0. The van der Waals surface area contributed by atoms with Crippen molar-refractivity contribution in [2.75, 3.05) is 7.11 Å². The molecular weight excluding hydrogens is 418 g/mol. The van der Waals surface area contributed by atoms with E-state index in [-0.39, 0.29) is 11.5 Å². The number of aliphatic hydroxyl groups excluding tert-OH is 1. The summed E-state index contributed by atoms with van der Waals surface area (Å²) < 4.78 is 5.12. The van der Waals surface area contributed by atoms with E-state index in [4.69, 9.17) is 9.73 Å². The summed E-state index contributed by atoms with van der Waals surface area (Å²) in [6.07, 6.45) is 14.4. The van der Waals surface area contributed by atoms with Gasteiger partial charge in [0.05, 0.1) is 6.04 Å². The highest BCUT2D eigenvalue weighted by Crippen LogP contribution is 2.57. The summed E-state index contributed by atoms with van der Waals surface area (Å²) in [7, 11) is 1.52. The van der Waals surface area contributed by atoms with Gasteiger partial charge in [-0.3, -0.25) is 4.99 Å². The van der Waals surface area contributed by atoms with Crippen LogP contribution in [0.1, 0.15) is 54.9 Å². The molecule has 7 atom stereocenters. The molecule has 3 heteroatoms. The Bertz CT molecular complexity index is 1030. The minimum Gasteiger partial charge on any atom is -0.364 e. The van der Waals surface area contributed by atoms with Crippen LogP contribution in [0.3, 0.4) is 0 Å². The van der Waals surface area contributed by atoms with Crippen LogP contribution in [-0.2, 0) is 4.74 Å². The molecule has 0 amide bonds. The van der Waals surface area contributed by atoms with E-state index in [0.29, 0.717) is 35.5 Å². The van der Waals surface area contributed by atoms with E-state index in [1.54, 1.807) is 5.57 Å². The van der Waals surface area contributed by atoms with Gasteiger partial charge in [-0.25, -0.2) is 0 Å². The molecule has 1 aliphatic heterocycles. The number of ether oxygens (including phenoxy) is 1. The van der Waals surface area contributed by atoms with Gasteiger partial charge >= 0.3 is 0 Å². The summed E-state index contributed by atoms with van der Waals surface area (Å²) in [6, 6.07) is 0.288. The van der Waals surface area contributed by atoms with Gasteiger partial charge in [-0.15, -0.1) is 0 Å². The Kier molecular flexibility index (Phi) is 6.83. The highest BCUT2D eigenvalue weighted by Gasteiger charge is 2.52. The summed E-state index contributed by atoms with van der Waals surface area (Å²) in [5.74, 6) is 2.96. The van der Waals surface area contributed by atoms with Gasteiger partial charge in [0.15, 0.2) is 6.29 Å². The summed E-state index contributed by atoms with van der Waals surface area (Å²) in [4.78, 5) is 5.20. The molecule has 0 bridgehead atoms. The van der Waals surface area contributed by atoms with Gasteiger partial charge in [-0.2, -0.15) is 0 Å². The van der Waals surface area contributed by atoms with Crippen LogP contribution in [0.15, 0.2) is 75.9 Å². The number of rotatable bonds is 6. The van der Waals surface area contributed by atoms with Crippen LogP contribution in [0.2, 0.25) is 0 Å². The van der Waals surface area contributed by atoms with Crippen molar-refractivity contribution in [2.45, 2.75) is 67.2 Å². The Hall–Kier alpha value is -1.97. The average molecular weight is 462 g/mol. The van der Waals surface area contributed by atoms with Gasteiger partial charge < -0.3 is 9.84 Å². The largest absolute Gasteiger partial charge is 0.364 e. The van der Waals surface area contributed by atoms with Crippen LogP contribution in [-0.4, -0.2) is 30.3 Å². The molecule has 3 aliphatic carbocycles. The molecule has 1 heterocycles. The van der Waals surface area contributed by atoms with Crippen molar-refractivity contribution in [3.05, 3.63) is 70.9 Å². The van der Waals surface area contributed by atoms with Crippen molar-refractivity contribution in [1.82, 2.24) is 0 Å². The third kappa shape index (κ3) is 4.05. The standard InChI is InChI=1S/C31H43NO2/c1-17(2)31(7,8)26-12-10-11-22-23(26)13-14-24-25(22)16-27-29(24)28(20(5)21(6)32-27)18(3)15-19(4)30(33)34-9/h10-15,17,22-25,27,29-30,33H,3,16H2,1-2,4-9H3. The molecule has 0 spiro atoms. The van der Waals surface area contributed by atoms with E-state index in [1.165, 1.54) is 18.3 Å². The van der Waals surface area contributed by atoms with Crippen LogP contribution in [0.4, 0.5) is 0 Å². The molecule has 0 aromatic carbocycles. The van der Waals surface area contributed by atoms with E-state index in [9.17, 15) is 5.11 Å². The second kappa shape index (κ2) is 9.24. The smallest absolute Gasteiger partial charge is 0.176 e. The van der Waals surface area contributed by atoms with E-state index in [2.05, 4.69) is 78.5 Å². The van der Waals surface area contributed by atoms with Crippen LogP contribution in [0.25, 0.3) is 0 Å². The summed E-state index contributed by atoms with van der Waals surface area (Å²) in [5, 5.41) is 10.1. The molecule has 0 aromatic rings. The quantitative estimate of drug-likeness (QED) is 0.267. The molecule has 0 saturated heterocycles. The lowest BCUT2D eigenvalue weighted by Crippen LogP contribution is -2.37. The first-order valence-electron chi connectivity index (χ1n) is 12.9. The topological polar surface area (TPSA) is 41.8 Å². The van der Waals surface area contributed by atoms with Crippen molar-refractivity contribution in [1.29, 1.82) is 0 Å². The third-order valence-electron chi connectivity index (χ3n) is 9.44. The number of aliphatic imine (C=N–C) groups is 1. The van der Waals surface area contributed by atoms with E-state index >= 15 is 0 Å². The fourth-order valence-corrected chi connectivity index (χ4v) is 6.75. The third-order valence-corrected chi connectivity index (χ3v) is 9.44. The lowest BCUT2D eigenvalue weighted by Gasteiger charge is -2.45. The van der Waals surface area contributed by atoms with E-state index in [1.807, 2.05) is 13.0 Å². The minimum atomic E-state index is -0.902. The molecule has 0 radical (unpaired) electrons. The zero-order chi connectivity index (χ0) is 24.9. The van der Waals surface area contributed by atoms with Crippen molar-refractivity contribution in [2.24, 2.45) is 45.9 Å². The predicted octanol–water partition coefficient (Wildman–Crippen LogP) is 6.85. The van der Waals surface area contributed by atoms with E-state index in [0.717, 1.165) is 23.3 Å². The van der Waals surface area contributed by atoms with Gasteiger partial charge in [0.1, 0.15) is 0 Å². The van der Waals surface area contributed by atoms with Crippen molar-refractivity contribution < 1.29 is 9.84 Å². The van der Waals surface area contributed by atoms with Gasteiger partial charge in [0.25, 0.3) is 0 Å². The van der Waals surface area contributed by atoms with Crippen LogP contribution < -0.4 is 0 Å². The fraction of sp³-hybridized carbons (Fsp3) is 0.581. The number of fused-ring (bicyclic) bond motifs is 5. The van der Waals surface area contributed by atoms with Crippen LogP contribution >= 0.6 is 0 Å². The maximum atomic E-state index is 10.1. The van der Waals surface area contributed by atoms with Crippen molar-refractivity contribution >= 4 is 5.71 Å². The highest BCUT2D eigenvalue weighted by molar-refractivity contribution is 6.00. The van der Waals surface area contributed by atoms with E-state index < -0.39 is 6.29 Å². The zero-order valence-corrected chi connectivity index (χ0v) is 22.3. The number of allylic oxidation sites excluding steroid dienone is 9. The molecule has 3 nitrogen and oxygen atoms in total. The highest BCUT2D eigenvalue weighted by atomic mass is 16.6. The Morgan fingerprint density at radius 3 is 2.56 bits per heavy atom. The van der Waals surface area contributed by atoms with Gasteiger partial charge in [-0.1, -0.05) is 76.3 Å². The average Bonchev–Trinajstić information content (AvgIpc) is 3.16. The lowest BCUT2D eigenvalue weighted by molar-refractivity contribution is -0.0445. The van der Waals surface area contributed by atoms with Crippen LogP contribution in [0.5, 0.6) is 0 Å². The Labute approximate surface area is 206 Å². The number of hydrogen-bond acceptors (Lipinski definition) is 3. The molecule has 1 fully saturated rings. The molecule has 4 aliphatic rings.